The van der Waals surface area contributed by atoms with Crippen LogP contribution in [0.2, 0.25) is 0 Å². The summed E-state index contributed by atoms with van der Waals surface area (Å²) in [6.07, 6.45) is 0.769. The van der Waals surface area contributed by atoms with Gasteiger partial charge >= 0.3 is 5.97 Å². The molecule has 132 valence electrons. The number of aliphatic carboxylic acids is 1. The minimum absolute atomic E-state index is 0. The Balaban J connectivity index is 0.00000484. The number of nitrogens with one attached hydrogen (secondary N) is 1. The highest BCUT2D eigenvalue weighted by molar-refractivity contribution is 7.89. The van der Waals surface area contributed by atoms with Crippen molar-refractivity contribution in [1.29, 1.82) is 0 Å². The number of hydrogen-bond donors (Lipinski definition) is 2. The molecule has 1 aromatic rings. The predicted octanol–water partition coefficient (Wildman–Crippen LogP) is 2.67. The first-order valence-corrected chi connectivity index (χ1v) is 8.59. The molecule has 1 unspecified atom stereocenters. The fourth-order valence-electron chi connectivity index (χ4n) is 2.30. The van der Waals surface area contributed by atoms with Gasteiger partial charge in [-0.2, -0.15) is 4.72 Å². The van der Waals surface area contributed by atoms with E-state index in [1.807, 2.05) is 6.92 Å². The molecule has 0 saturated carbocycles. The Bertz CT molecular complexity index is 615. The average Bonchev–Trinajstić information content (AvgIpc) is 2.46. The SMILES string of the molecule is CCCC(NS(=O)(=O)c1ccc(OC)cc1)(C(=O)O)C(C)C.Cl. The van der Waals surface area contributed by atoms with E-state index in [0.717, 1.165) is 0 Å². The highest BCUT2D eigenvalue weighted by atomic mass is 35.5. The molecule has 23 heavy (non-hydrogen) atoms. The number of rotatable bonds is 8. The monoisotopic (exact) mass is 365 g/mol. The van der Waals surface area contributed by atoms with E-state index in [0.29, 0.717) is 12.2 Å². The Labute approximate surface area is 143 Å². The predicted molar refractivity (Wildman–Crippen MR) is 90.7 cm³/mol. The molecule has 0 aromatic heterocycles. The maximum absolute atomic E-state index is 12.5. The van der Waals surface area contributed by atoms with E-state index in [2.05, 4.69) is 4.72 Å². The van der Waals surface area contributed by atoms with Gasteiger partial charge in [0, 0.05) is 0 Å². The van der Waals surface area contributed by atoms with Crippen molar-refractivity contribution >= 4 is 28.4 Å². The minimum atomic E-state index is -3.94. The zero-order valence-corrected chi connectivity index (χ0v) is 15.3. The van der Waals surface area contributed by atoms with Gasteiger partial charge in [0.1, 0.15) is 11.3 Å². The highest BCUT2D eigenvalue weighted by Crippen LogP contribution is 2.27. The largest absolute Gasteiger partial charge is 0.497 e. The van der Waals surface area contributed by atoms with E-state index in [1.54, 1.807) is 13.8 Å². The highest BCUT2D eigenvalue weighted by Gasteiger charge is 2.44. The summed E-state index contributed by atoms with van der Waals surface area (Å²) in [5.41, 5.74) is -1.52. The number of halogens is 1. The summed E-state index contributed by atoms with van der Waals surface area (Å²) in [6, 6.07) is 5.82. The second-order valence-corrected chi connectivity index (χ2v) is 7.14. The van der Waals surface area contributed by atoms with Gasteiger partial charge in [0.15, 0.2) is 0 Å². The maximum atomic E-state index is 12.5. The van der Waals surface area contributed by atoms with Crippen molar-refractivity contribution in [1.82, 2.24) is 4.72 Å². The Kier molecular flexibility index (Phi) is 8.03. The van der Waals surface area contributed by atoms with Crippen LogP contribution in [0.25, 0.3) is 0 Å². The molecule has 6 nitrogen and oxygen atoms in total. The molecule has 2 N–H and O–H groups in total. The lowest BCUT2D eigenvalue weighted by molar-refractivity contribution is -0.146. The Hall–Kier alpha value is -1.31. The minimum Gasteiger partial charge on any atom is -0.497 e. The molecule has 0 spiro atoms. The topological polar surface area (TPSA) is 92.7 Å². The number of carbonyl (C=O) groups is 1. The lowest BCUT2D eigenvalue weighted by Gasteiger charge is -2.33. The number of sulfonamides is 1. The molecule has 1 aromatic carbocycles. The molecule has 0 fully saturated rings. The van der Waals surface area contributed by atoms with Crippen LogP contribution in [0, 0.1) is 5.92 Å². The summed E-state index contributed by atoms with van der Waals surface area (Å²) in [5, 5.41) is 9.57. The van der Waals surface area contributed by atoms with E-state index < -0.39 is 27.4 Å². The number of methoxy groups -OCH3 is 1. The number of carboxylic acids is 1. The molecule has 0 aliphatic rings. The molecule has 0 aliphatic carbocycles. The molecule has 1 rings (SSSR count). The Morgan fingerprint density at radius 3 is 2.17 bits per heavy atom. The van der Waals surface area contributed by atoms with Gasteiger partial charge < -0.3 is 9.84 Å². The zero-order valence-electron chi connectivity index (χ0n) is 13.7. The second-order valence-electron chi connectivity index (χ2n) is 5.46. The van der Waals surface area contributed by atoms with E-state index in [1.165, 1.54) is 31.4 Å². The zero-order chi connectivity index (χ0) is 17.0. The van der Waals surface area contributed by atoms with Gasteiger partial charge in [0.25, 0.3) is 0 Å². The third-order valence-corrected chi connectivity index (χ3v) is 5.22. The first kappa shape index (κ1) is 21.7. The van der Waals surface area contributed by atoms with Gasteiger partial charge in [-0.25, -0.2) is 8.42 Å². The van der Waals surface area contributed by atoms with Crippen molar-refractivity contribution in [2.75, 3.05) is 7.11 Å². The normalized spacial score (nSPS) is 14.0. The lowest BCUT2D eigenvalue weighted by atomic mass is 9.83. The van der Waals surface area contributed by atoms with Crippen LogP contribution in [0.15, 0.2) is 29.2 Å². The van der Waals surface area contributed by atoms with Crippen LogP contribution in [0.1, 0.15) is 33.6 Å². The summed E-state index contributed by atoms with van der Waals surface area (Å²) in [7, 11) is -2.46. The molecule has 8 heteroatoms. The standard InChI is InChI=1S/C15H23NO5S.ClH/c1-5-10-15(11(2)3,14(17)18)16-22(19,20)13-8-6-12(21-4)7-9-13;/h6-9,11,16H,5,10H2,1-4H3,(H,17,18);1H. The Morgan fingerprint density at radius 1 is 1.30 bits per heavy atom. The summed E-state index contributed by atoms with van der Waals surface area (Å²) < 4.78 is 32.4. The third-order valence-electron chi connectivity index (χ3n) is 3.70. The number of carboxylic acid groups (broad SMARTS) is 1. The van der Waals surface area contributed by atoms with E-state index in [4.69, 9.17) is 4.74 Å². The van der Waals surface area contributed by atoms with Crippen LogP contribution < -0.4 is 9.46 Å². The smallest absolute Gasteiger partial charge is 0.325 e. The van der Waals surface area contributed by atoms with Crippen LogP contribution in [-0.4, -0.2) is 32.1 Å². The fourth-order valence-corrected chi connectivity index (χ4v) is 3.82. The quantitative estimate of drug-likeness (QED) is 0.738. The molecule has 0 heterocycles. The lowest BCUT2D eigenvalue weighted by Crippen LogP contribution is -2.57. The molecular formula is C15H24ClNO5S. The average molecular weight is 366 g/mol. The molecule has 0 aliphatic heterocycles. The first-order valence-electron chi connectivity index (χ1n) is 7.11. The molecule has 1 atom stereocenters. The molecule has 0 amide bonds. The number of hydrogen-bond acceptors (Lipinski definition) is 4. The summed E-state index contributed by atoms with van der Waals surface area (Å²) in [4.78, 5) is 11.7. The van der Waals surface area contributed by atoms with Crippen molar-refractivity contribution in [3.8, 4) is 5.75 Å². The molecule has 0 bridgehead atoms. The first-order chi connectivity index (χ1) is 10.2. The maximum Gasteiger partial charge on any atom is 0.325 e. The third kappa shape index (κ3) is 4.83. The van der Waals surface area contributed by atoms with Crippen molar-refractivity contribution in [2.45, 2.75) is 44.0 Å². The van der Waals surface area contributed by atoms with Crippen molar-refractivity contribution in [3.05, 3.63) is 24.3 Å². The van der Waals surface area contributed by atoms with Crippen molar-refractivity contribution in [3.63, 3.8) is 0 Å². The van der Waals surface area contributed by atoms with E-state index >= 15 is 0 Å². The van der Waals surface area contributed by atoms with Gasteiger partial charge in [0.2, 0.25) is 10.0 Å². The van der Waals surface area contributed by atoms with Gasteiger partial charge in [-0.15, -0.1) is 12.4 Å². The summed E-state index contributed by atoms with van der Waals surface area (Å²) in [6.45, 7) is 5.21. The van der Waals surface area contributed by atoms with E-state index in [-0.39, 0.29) is 23.7 Å². The van der Waals surface area contributed by atoms with E-state index in [9.17, 15) is 18.3 Å². The van der Waals surface area contributed by atoms with Crippen LogP contribution in [0.3, 0.4) is 0 Å². The van der Waals surface area contributed by atoms with Crippen molar-refractivity contribution in [2.24, 2.45) is 5.92 Å². The van der Waals surface area contributed by atoms with Gasteiger partial charge in [-0.1, -0.05) is 27.2 Å². The molecule has 0 radical (unpaired) electrons. The molecule has 0 saturated heterocycles. The van der Waals surface area contributed by atoms with Gasteiger partial charge in [-0.3, -0.25) is 4.79 Å². The van der Waals surface area contributed by atoms with Crippen LogP contribution >= 0.6 is 12.4 Å². The summed E-state index contributed by atoms with van der Waals surface area (Å²) in [5.74, 6) is -1.03. The number of benzene rings is 1. The molecular weight excluding hydrogens is 342 g/mol. The summed E-state index contributed by atoms with van der Waals surface area (Å²) >= 11 is 0. The van der Waals surface area contributed by atoms with Crippen LogP contribution in [0.5, 0.6) is 5.75 Å². The Morgan fingerprint density at radius 2 is 1.83 bits per heavy atom. The van der Waals surface area contributed by atoms with Crippen molar-refractivity contribution < 1.29 is 23.1 Å². The fraction of sp³-hybridized carbons (Fsp3) is 0.533. The number of ether oxygens (including phenoxy) is 1. The van der Waals surface area contributed by atoms with Crippen LogP contribution in [0.4, 0.5) is 0 Å². The van der Waals surface area contributed by atoms with Gasteiger partial charge in [-0.05, 0) is 36.6 Å². The van der Waals surface area contributed by atoms with Gasteiger partial charge in [0.05, 0.1) is 12.0 Å². The van der Waals surface area contributed by atoms with Crippen LogP contribution in [-0.2, 0) is 14.8 Å². The second kappa shape index (κ2) is 8.52.